The minimum Gasteiger partial charge on any atom is -0.506 e. The second kappa shape index (κ2) is 4.12. The fraction of sp³-hybridized carbons (Fsp3) is 0. The highest BCUT2D eigenvalue weighted by Gasteiger charge is 2.12. The minimum absolute atomic E-state index is 0.0618. The lowest BCUT2D eigenvalue weighted by Crippen LogP contribution is -2.10. The van der Waals surface area contributed by atoms with Gasteiger partial charge in [-0.1, -0.05) is 24.3 Å². The molecule has 2 aromatic rings. The third-order valence-corrected chi connectivity index (χ3v) is 2.22. The van der Waals surface area contributed by atoms with E-state index in [1.165, 1.54) is 12.1 Å². The van der Waals surface area contributed by atoms with Crippen LogP contribution in [0.15, 0.2) is 48.5 Å². The van der Waals surface area contributed by atoms with E-state index in [9.17, 15) is 15.4 Å². The molecule has 0 heterocycles. The first-order valence-electron chi connectivity index (χ1n) is 4.75. The van der Waals surface area contributed by atoms with Crippen LogP contribution in [-0.2, 0) is 0 Å². The summed E-state index contributed by atoms with van der Waals surface area (Å²) >= 11 is 0. The van der Waals surface area contributed by atoms with Crippen molar-refractivity contribution in [3.8, 4) is 11.5 Å². The number of para-hydroxylation sites is 4. The van der Waals surface area contributed by atoms with E-state index in [-0.39, 0.29) is 22.9 Å². The summed E-state index contributed by atoms with van der Waals surface area (Å²) in [6.07, 6.45) is 0. The second-order valence-corrected chi connectivity index (χ2v) is 3.29. The molecule has 3 N–H and O–H groups in total. The SMILES string of the molecule is Oc1ccccc1N(O)c1ccccc1O. The van der Waals surface area contributed by atoms with Crippen LogP contribution in [-0.4, -0.2) is 15.4 Å². The normalized spacial score (nSPS) is 10.1. The van der Waals surface area contributed by atoms with E-state index in [1.807, 2.05) is 0 Å². The summed E-state index contributed by atoms with van der Waals surface area (Å²) in [6, 6.07) is 12.7. The van der Waals surface area contributed by atoms with Crippen molar-refractivity contribution in [3.05, 3.63) is 48.5 Å². The second-order valence-electron chi connectivity index (χ2n) is 3.29. The van der Waals surface area contributed by atoms with E-state index < -0.39 is 0 Å². The number of phenolic OH excluding ortho intramolecular Hbond substituents is 2. The van der Waals surface area contributed by atoms with E-state index >= 15 is 0 Å². The molecular weight excluding hydrogens is 206 g/mol. The zero-order valence-electron chi connectivity index (χ0n) is 8.41. The van der Waals surface area contributed by atoms with Crippen LogP contribution in [0.5, 0.6) is 11.5 Å². The van der Waals surface area contributed by atoms with Crippen molar-refractivity contribution < 1.29 is 15.4 Å². The van der Waals surface area contributed by atoms with Gasteiger partial charge in [-0.3, -0.25) is 5.21 Å². The Hall–Kier alpha value is -2.20. The molecule has 2 aromatic carbocycles. The largest absolute Gasteiger partial charge is 0.506 e. The van der Waals surface area contributed by atoms with Crippen LogP contribution in [0.2, 0.25) is 0 Å². The lowest BCUT2D eigenvalue weighted by Gasteiger charge is -2.18. The Morgan fingerprint density at radius 3 is 1.44 bits per heavy atom. The van der Waals surface area contributed by atoms with Gasteiger partial charge < -0.3 is 10.2 Å². The lowest BCUT2D eigenvalue weighted by atomic mass is 10.2. The van der Waals surface area contributed by atoms with Gasteiger partial charge >= 0.3 is 0 Å². The maximum Gasteiger partial charge on any atom is 0.141 e. The molecule has 0 aromatic heterocycles. The van der Waals surface area contributed by atoms with Gasteiger partial charge in [0.1, 0.15) is 22.9 Å². The van der Waals surface area contributed by atoms with Gasteiger partial charge in [-0.05, 0) is 24.3 Å². The predicted octanol–water partition coefficient (Wildman–Crippen LogP) is 2.63. The molecule has 0 bridgehead atoms. The Morgan fingerprint density at radius 1 is 0.688 bits per heavy atom. The van der Waals surface area contributed by atoms with Gasteiger partial charge in [0.25, 0.3) is 0 Å². The molecule has 0 amide bonds. The third-order valence-electron chi connectivity index (χ3n) is 2.22. The minimum atomic E-state index is -0.0618. The molecule has 0 saturated carbocycles. The standard InChI is InChI=1S/C12H11NO3/c14-11-7-3-1-5-9(11)13(16)10-6-2-4-8-12(10)15/h1-8,14-16H. The monoisotopic (exact) mass is 217 g/mol. The van der Waals surface area contributed by atoms with E-state index in [2.05, 4.69) is 0 Å². The Balaban J connectivity index is 2.44. The Bertz CT molecular complexity index is 454. The number of hydrogen-bond donors (Lipinski definition) is 3. The van der Waals surface area contributed by atoms with Crippen molar-refractivity contribution in [2.45, 2.75) is 0 Å². The van der Waals surface area contributed by atoms with Gasteiger partial charge in [-0.2, -0.15) is 0 Å². The first kappa shape index (κ1) is 10.3. The number of anilines is 2. The van der Waals surface area contributed by atoms with Gasteiger partial charge in [0, 0.05) is 0 Å². The summed E-state index contributed by atoms with van der Waals surface area (Å²) < 4.78 is 0. The van der Waals surface area contributed by atoms with Crippen LogP contribution in [0, 0.1) is 0 Å². The van der Waals surface area contributed by atoms with Gasteiger partial charge in [0.2, 0.25) is 0 Å². The quantitative estimate of drug-likeness (QED) is 0.676. The summed E-state index contributed by atoms with van der Waals surface area (Å²) in [5, 5.41) is 29.7. The highest BCUT2D eigenvalue weighted by atomic mass is 16.5. The number of aromatic hydroxyl groups is 2. The van der Waals surface area contributed by atoms with Crippen LogP contribution in [0.25, 0.3) is 0 Å². The van der Waals surface area contributed by atoms with E-state index in [0.717, 1.165) is 5.06 Å². The zero-order valence-corrected chi connectivity index (χ0v) is 8.41. The average Bonchev–Trinajstić information content (AvgIpc) is 2.29. The Kier molecular flexibility index (Phi) is 2.66. The molecule has 0 aliphatic rings. The van der Waals surface area contributed by atoms with Crippen LogP contribution >= 0.6 is 0 Å². The van der Waals surface area contributed by atoms with E-state index in [4.69, 9.17) is 0 Å². The highest BCUT2D eigenvalue weighted by Crippen LogP contribution is 2.35. The molecule has 0 aliphatic heterocycles. The van der Waals surface area contributed by atoms with Crippen LogP contribution in [0.3, 0.4) is 0 Å². The maximum atomic E-state index is 9.87. The maximum absolute atomic E-state index is 9.87. The van der Waals surface area contributed by atoms with Gasteiger partial charge in [0.15, 0.2) is 0 Å². The summed E-state index contributed by atoms with van der Waals surface area (Å²) in [7, 11) is 0. The first-order chi connectivity index (χ1) is 7.70. The molecule has 82 valence electrons. The number of hydrogen-bond acceptors (Lipinski definition) is 4. The Labute approximate surface area is 92.6 Å². The molecule has 0 radical (unpaired) electrons. The van der Waals surface area contributed by atoms with Crippen molar-refractivity contribution in [2.24, 2.45) is 0 Å². The van der Waals surface area contributed by atoms with E-state index in [1.54, 1.807) is 36.4 Å². The summed E-state index contributed by atoms with van der Waals surface area (Å²) in [4.78, 5) is 0. The van der Waals surface area contributed by atoms with Crippen molar-refractivity contribution in [1.29, 1.82) is 0 Å². The molecule has 0 spiro atoms. The van der Waals surface area contributed by atoms with Gasteiger partial charge in [-0.25, -0.2) is 5.06 Å². The van der Waals surface area contributed by atoms with Crippen LogP contribution < -0.4 is 5.06 Å². The fourth-order valence-electron chi connectivity index (χ4n) is 1.42. The number of phenols is 2. The molecular formula is C12H11NO3. The Morgan fingerprint density at radius 2 is 1.06 bits per heavy atom. The van der Waals surface area contributed by atoms with Crippen molar-refractivity contribution in [3.63, 3.8) is 0 Å². The van der Waals surface area contributed by atoms with Crippen LogP contribution in [0.4, 0.5) is 11.4 Å². The summed E-state index contributed by atoms with van der Waals surface area (Å²) in [5.41, 5.74) is 0.424. The molecule has 0 unspecified atom stereocenters. The highest BCUT2D eigenvalue weighted by molar-refractivity contribution is 5.70. The molecule has 4 heteroatoms. The molecule has 0 aliphatic carbocycles. The van der Waals surface area contributed by atoms with Gasteiger partial charge in [0.05, 0.1) is 0 Å². The molecule has 4 nitrogen and oxygen atoms in total. The molecule has 16 heavy (non-hydrogen) atoms. The number of rotatable bonds is 2. The third kappa shape index (κ3) is 1.78. The van der Waals surface area contributed by atoms with Crippen LogP contribution in [0.1, 0.15) is 0 Å². The lowest BCUT2D eigenvalue weighted by molar-refractivity contribution is 0.292. The topological polar surface area (TPSA) is 63.9 Å². The smallest absolute Gasteiger partial charge is 0.141 e. The number of benzene rings is 2. The van der Waals surface area contributed by atoms with Crippen molar-refractivity contribution >= 4 is 11.4 Å². The fourth-order valence-corrected chi connectivity index (χ4v) is 1.42. The molecule has 0 fully saturated rings. The van der Waals surface area contributed by atoms with E-state index in [0.29, 0.717) is 0 Å². The average molecular weight is 217 g/mol. The molecule has 0 saturated heterocycles. The van der Waals surface area contributed by atoms with Crippen molar-refractivity contribution in [1.82, 2.24) is 0 Å². The summed E-state index contributed by atoms with van der Waals surface area (Å²) in [5.74, 6) is -0.124. The number of nitrogens with zero attached hydrogens (tertiary/aromatic N) is 1. The van der Waals surface area contributed by atoms with Gasteiger partial charge in [-0.15, -0.1) is 0 Å². The molecule has 2 rings (SSSR count). The molecule has 0 atom stereocenters. The predicted molar refractivity (Wildman–Crippen MR) is 60.1 cm³/mol. The first-order valence-corrected chi connectivity index (χ1v) is 4.75. The zero-order chi connectivity index (χ0) is 11.5. The summed E-state index contributed by atoms with van der Waals surface area (Å²) in [6.45, 7) is 0. The van der Waals surface area contributed by atoms with Crippen molar-refractivity contribution in [2.75, 3.05) is 5.06 Å².